The average molecular weight is 465 g/mol. The second kappa shape index (κ2) is 10.6. The van der Waals surface area contributed by atoms with Crippen molar-refractivity contribution in [2.45, 2.75) is 6.61 Å². The number of nitro groups is 1. The van der Waals surface area contributed by atoms with Crippen LogP contribution in [0.2, 0.25) is 0 Å². The van der Waals surface area contributed by atoms with Gasteiger partial charge in [0.2, 0.25) is 0 Å². The minimum atomic E-state index is -0.598. The average Bonchev–Trinajstić information content (AvgIpc) is 3.36. The lowest BCUT2D eigenvalue weighted by Crippen LogP contribution is -2.13. The van der Waals surface area contributed by atoms with Crippen LogP contribution >= 0.6 is 0 Å². The fourth-order valence-electron chi connectivity index (χ4n) is 3.22. The van der Waals surface area contributed by atoms with E-state index in [4.69, 9.17) is 9.15 Å². The van der Waals surface area contributed by atoms with Crippen LogP contribution in [0.5, 0.6) is 5.75 Å². The summed E-state index contributed by atoms with van der Waals surface area (Å²) >= 11 is 0. The number of rotatable bonds is 8. The summed E-state index contributed by atoms with van der Waals surface area (Å²) in [5.74, 6) is 0.692. The summed E-state index contributed by atoms with van der Waals surface area (Å²) in [5, 5.41) is 23.1. The topological polar surface area (TPSA) is 118 Å². The minimum Gasteiger partial charge on any atom is -0.489 e. The first kappa shape index (κ1) is 23.0. The Kier molecular flexibility index (Phi) is 6.99. The normalized spacial score (nSPS) is 10.9. The van der Waals surface area contributed by atoms with Gasteiger partial charge in [0, 0.05) is 29.5 Å². The van der Waals surface area contributed by atoms with E-state index in [9.17, 15) is 20.2 Å². The molecule has 0 saturated heterocycles. The number of carbonyl (C=O) groups is 1. The summed E-state index contributed by atoms with van der Waals surface area (Å²) in [6, 6.07) is 27.6. The van der Waals surface area contributed by atoms with Crippen LogP contribution in [0.1, 0.15) is 11.3 Å². The maximum atomic E-state index is 12.6. The lowest BCUT2D eigenvalue weighted by Gasteiger charge is -2.08. The molecule has 172 valence electrons. The van der Waals surface area contributed by atoms with E-state index < -0.39 is 10.8 Å². The van der Waals surface area contributed by atoms with Gasteiger partial charge >= 0.3 is 0 Å². The quantitative estimate of drug-likeness (QED) is 0.148. The molecule has 8 heteroatoms. The number of hydrogen-bond acceptors (Lipinski definition) is 6. The van der Waals surface area contributed by atoms with Crippen LogP contribution in [0.3, 0.4) is 0 Å². The zero-order valence-corrected chi connectivity index (χ0v) is 18.4. The zero-order valence-electron chi connectivity index (χ0n) is 18.4. The van der Waals surface area contributed by atoms with Crippen molar-refractivity contribution in [3.05, 3.63) is 118 Å². The van der Waals surface area contributed by atoms with E-state index in [1.54, 1.807) is 48.5 Å². The van der Waals surface area contributed by atoms with Crippen molar-refractivity contribution < 1.29 is 18.9 Å². The van der Waals surface area contributed by atoms with Crippen LogP contribution in [0.15, 0.2) is 101 Å². The second-order valence-electron chi connectivity index (χ2n) is 7.43. The van der Waals surface area contributed by atoms with Gasteiger partial charge in [-0.15, -0.1) is 0 Å². The van der Waals surface area contributed by atoms with E-state index in [-0.39, 0.29) is 17.0 Å². The SMILES string of the molecule is N#C/C(=C\c1ccc(-c2cccc([N+](=O)[O-])c2)o1)C(=O)Nc1ccc(OCc2ccccc2)cc1. The van der Waals surface area contributed by atoms with Gasteiger partial charge < -0.3 is 14.5 Å². The van der Waals surface area contributed by atoms with Crippen molar-refractivity contribution in [3.8, 4) is 23.1 Å². The Morgan fingerprint density at radius 3 is 2.51 bits per heavy atom. The molecule has 8 nitrogen and oxygen atoms in total. The fraction of sp³-hybridized carbons (Fsp3) is 0.0370. The molecule has 0 saturated carbocycles. The summed E-state index contributed by atoms with van der Waals surface area (Å²) in [5.41, 5.74) is 1.83. The van der Waals surface area contributed by atoms with Gasteiger partial charge in [-0.25, -0.2) is 0 Å². The number of nitrogens with zero attached hydrogens (tertiary/aromatic N) is 2. The van der Waals surface area contributed by atoms with Crippen molar-refractivity contribution in [1.82, 2.24) is 0 Å². The molecular formula is C27H19N3O5. The highest BCUT2D eigenvalue weighted by Gasteiger charge is 2.13. The van der Waals surface area contributed by atoms with Crippen molar-refractivity contribution in [1.29, 1.82) is 5.26 Å². The lowest BCUT2D eigenvalue weighted by atomic mass is 10.1. The molecule has 0 fully saturated rings. The molecule has 0 bridgehead atoms. The highest BCUT2D eigenvalue weighted by molar-refractivity contribution is 6.09. The van der Waals surface area contributed by atoms with Crippen LogP contribution in [0.25, 0.3) is 17.4 Å². The molecule has 4 aromatic rings. The van der Waals surface area contributed by atoms with Gasteiger partial charge in [0.05, 0.1) is 4.92 Å². The minimum absolute atomic E-state index is 0.0652. The summed E-state index contributed by atoms with van der Waals surface area (Å²) in [6.45, 7) is 0.426. The van der Waals surface area contributed by atoms with Crippen LogP contribution in [-0.2, 0) is 11.4 Å². The number of non-ortho nitro benzene ring substituents is 1. The van der Waals surface area contributed by atoms with Crippen molar-refractivity contribution in [3.63, 3.8) is 0 Å². The zero-order chi connectivity index (χ0) is 24.6. The number of furan rings is 1. The molecule has 0 aliphatic carbocycles. The number of ether oxygens (including phenoxy) is 1. The Morgan fingerprint density at radius 2 is 1.80 bits per heavy atom. The van der Waals surface area contributed by atoms with Crippen molar-refractivity contribution >= 4 is 23.4 Å². The number of hydrogen-bond donors (Lipinski definition) is 1. The first-order valence-corrected chi connectivity index (χ1v) is 10.6. The molecule has 0 spiro atoms. The highest BCUT2D eigenvalue weighted by atomic mass is 16.6. The number of nitro benzene ring substituents is 1. The van der Waals surface area contributed by atoms with Gasteiger partial charge in [0.25, 0.3) is 11.6 Å². The molecule has 0 atom stereocenters. The van der Waals surface area contributed by atoms with E-state index in [1.165, 1.54) is 18.2 Å². The molecule has 1 amide bonds. The Hall–Kier alpha value is -5.16. The number of anilines is 1. The largest absolute Gasteiger partial charge is 0.489 e. The second-order valence-corrected chi connectivity index (χ2v) is 7.43. The molecule has 4 rings (SSSR count). The molecule has 0 unspecified atom stereocenters. The van der Waals surface area contributed by atoms with Gasteiger partial charge in [-0.2, -0.15) is 5.26 Å². The number of nitriles is 1. The summed E-state index contributed by atoms with van der Waals surface area (Å²) < 4.78 is 11.4. The van der Waals surface area contributed by atoms with E-state index in [0.29, 0.717) is 29.4 Å². The smallest absolute Gasteiger partial charge is 0.270 e. The molecule has 0 aliphatic heterocycles. The van der Waals surface area contributed by atoms with E-state index >= 15 is 0 Å². The maximum Gasteiger partial charge on any atom is 0.270 e. The van der Waals surface area contributed by atoms with E-state index in [0.717, 1.165) is 5.56 Å². The van der Waals surface area contributed by atoms with Gasteiger partial charge in [-0.3, -0.25) is 14.9 Å². The predicted molar refractivity (Wildman–Crippen MR) is 130 cm³/mol. The van der Waals surface area contributed by atoms with Crippen LogP contribution in [-0.4, -0.2) is 10.8 Å². The molecule has 1 N–H and O–H groups in total. The van der Waals surface area contributed by atoms with Crippen molar-refractivity contribution in [2.75, 3.05) is 5.32 Å². The maximum absolute atomic E-state index is 12.6. The number of carbonyl (C=O) groups excluding carboxylic acids is 1. The third-order valence-corrected chi connectivity index (χ3v) is 4.98. The monoisotopic (exact) mass is 465 g/mol. The lowest BCUT2D eigenvalue weighted by molar-refractivity contribution is -0.384. The van der Waals surface area contributed by atoms with Gasteiger partial charge in [0.15, 0.2) is 0 Å². The molecule has 3 aromatic carbocycles. The number of amides is 1. The molecule has 0 radical (unpaired) electrons. The number of benzene rings is 3. The molecule has 35 heavy (non-hydrogen) atoms. The number of nitrogens with one attached hydrogen (secondary N) is 1. The van der Waals surface area contributed by atoms with Crippen molar-refractivity contribution in [2.24, 2.45) is 0 Å². The molecule has 1 heterocycles. The predicted octanol–water partition coefficient (Wildman–Crippen LogP) is 5.98. The first-order chi connectivity index (χ1) is 17.0. The standard InChI is InChI=1S/C27H19N3O5/c28-17-21(16-25-13-14-26(35-25)20-7-4-8-23(15-20)30(32)33)27(31)29-22-9-11-24(12-10-22)34-18-19-5-2-1-3-6-19/h1-16H,18H2,(H,29,31)/b21-16+. The third-order valence-electron chi connectivity index (χ3n) is 4.98. The summed E-state index contributed by atoms with van der Waals surface area (Å²) in [4.78, 5) is 23.1. The fourth-order valence-corrected chi connectivity index (χ4v) is 3.22. The van der Waals surface area contributed by atoms with Gasteiger partial charge in [-0.05, 0) is 42.0 Å². The highest BCUT2D eigenvalue weighted by Crippen LogP contribution is 2.27. The molecule has 0 aliphatic rings. The third kappa shape index (κ3) is 6.00. The van der Waals surface area contributed by atoms with E-state index in [1.807, 2.05) is 36.4 Å². The Bertz CT molecular complexity index is 1420. The van der Waals surface area contributed by atoms with Gasteiger partial charge in [-0.1, -0.05) is 42.5 Å². The van der Waals surface area contributed by atoms with Gasteiger partial charge in [0.1, 0.15) is 35.5 Å². The Labute approximate surface area is 200 Å². The van der Waals surface area contributed by atoms with E-state index in [2.05, 4.69) is 5.32 Å². The Balaban J connectivity index is 1.41. The van der Waals surface area contributed by atoms with Crippen LogP contribution in [0, 0.1) is 21.4 Å². The Morgan fingerprint density at radius 1 is 1.03 bits per heavy atom. The van der Waals surface area contributed by atoms with Crippen LogP contribution < -0.4 is 10.1 Å². The molecular weight excluding hydrogens is 446 g/mol. The first-order valence-electron chi connectivity index (χ1n) is 10.6. The summed E-state index contributed by atoms with van der Waals surface area (Å²) in [7, 11) is 0. The molecule has 1 aromatic heterocycles. The summed E-state index contributed by atoms with van der Waals surface area (Å²) in [6.07, 6.45) is 1.31. The van der Waals surface area contributed by atoms with Crippen LogP contribution in [0.4, 0.5) is 11.4 Å².